The Bertz CT molecular complexity index is 613. The maximum Gasteiger partial charge on any atom is 0.128 e. The molecule has 1 nitrogen and oxygen atoms in total. The zero-order valence-electron chi connectivity index (χ0n) is 11.4. The maximum atomic E-state index is 14.0. The molecule has 0 fully saturated rings. The molecule has 1 N–H and O–H groups in total. The molecule has 0 aromatic heterocycles. The normalized spacial score (nSPS) is 12.4. The first-order valence-electron chi connectivity index (χ1n) is 6.38. The number of aryl methyl sites for hydroxylation is 1. The van der Waals surface area contributed by atoms with Gasteiger partial charge in [-0.1, -0.05) is 40.9 Å². The minimum absolute atomic E-state index is 0.147. The molecule has 106 valence electrons. The highest BCUT2D eigenvalue weighted by Gasteiger charge is 2.16. The van der Waals surface area contributed by atoms with Crippen LogP contribution in [0, 0.1) is 12.7 Å². The number of benzene rings is 2. The molecule has 0 spiro atoms. The number of hydrogen-bond acceptors (Lipinski definition) is 1. The van der Waals surface area contributed by atoms with Crippen molar-refractivity contribution in [2.75, 3.05) is 7.05 Å². The summed E-state index contributed by atoms with van der Waals surface area (Å²) in [4.78, 5) is 0. The van der Waals surface area contributed by atoms with E-state index in [1.54, 1.807) is 18.2 Å². The van der Waals surface area contributed by atoms with Crippen molar-refractivity contribution in [3.05, 3.63) is 69.0 Å². The van der Waals surface area contributed by atoms with Crippen LogP contribution in [0.4, 0.5) is 4.39 Å². The second-order valence-corrected chi connectivity index (χ2v) is 5.65. The molecule has 0 aliphatic rings. The summed E-state index contributed by atoms with van der Waals surface area (Å²) in [6.45, 7) is 1.95. The lowest BCUT2D eigenvalue weighted by Crippen LogP contribution is -2.20. The molecule has 2 aromatic rings. The van der Waals surface area contributed by atoms with E-state index in [1.165, 1.54) is 6.07 Å². The van der Waals surface area contributed by atoms with Gasteiger partial charge in [0.15, 0.2) is 0 Å². The molecule has 0 amide bonds. The first-order valence-corrected chi connectivity index (χ1v) is 7.14. The topological polar surface area (TPSA) is 12.0 Å². The van der Waals surface area contributed by atoms with Gasteiger partial charge in [0.25, 0.3) is 0 Å². The third-order valence-corrected chi connectivity index (χ3v) is 3.91. The van der Waals surface area contributed by atoms with Crippen LogP contribution in [-0.4, -0.2) is 7.05 Å². The van der Waals surface area contributed by atoms with Gasteiger partial charge in [-0.05, 0) is 50.2 Å². The van der Waals surface area contributed by atoms with Crippen molar-refractivity contribution >= 4 is 23.2 Å². The predicted molar refractivity (Wildman–Crippen MR) is 83.1 cm³/mol. The molecule has 0 aliphatic carbocycles. The molecule has 0 bridgehead atoms. The van der Waals surface area contributed by atoms with Gasteiger partial charge in [0.05, 0.1) is 0 Å². The third-order valence-electron chi connectivity index (χ3n) is 3.31. The van der Waals surface area contributed by atoms with Gasteiger partial charge >= 0.3 is 0 Å². The molecule has 4 heteroatoms. The molecule has 0 saturated heterocycles. The van der Waals surface area contributed by atoms with E-state index in [1.807, 2.05) is 26.1 Å². The van der Waals surface area contributed by atoms with Gasteiger partial charge in [0, 0.05) is 21.7 Å². The predicted octanol–water partition coefficient (Wildman–Crippen LogP) is 4.94. The van der Waals surface area contributed by atoms with E-state index in [-0.39, 0.29) is 11.9 Å². The van der Waals surface area contributed by atoms with Gasteiger partial charge in [0.1, 0.15) is 5.82 Å². The first kappa shape index (κ1) is 15.3. The van der Waals surface area contributed by atoms with Crippen molar-refractivity contribution in [2.45, 2.75) is 19.4 Å². The van der Waals surface area contributed by atoms with Crippen LogP contribution in [0.15, 0.2) is 36.4 Å². The lowest BCUT2D eigenvalue weighted by atomic mass is 9.97. The van der Waals surface area contributed by atoms with Gasteiger partial charge in [-0.25, -0.2) is 4.39 Å². The number of nitrogens with one attached hydrogen (secondary N) is 1. The summed E-state index contributed by atoms with van der Waals surface area (Å²) in [5.74, 6) is -0.215. The second kappa shape index (κ2) is 6.57. The van der Waals surface area contributed by atoms with E-state index in [2.05, 4.69) is 5.32 Å². The molecule has 0 aliphatic heterocycles. The Hall–Kier alpha value is -1.09. The zero-order chi connectivity index (χ0) is 14.7. The molecule has 0 saturated carbocycles. The lowest BCUT2D eigenvalue weighted by Gasteiger charge is -2.19. The Kier molecular flexibility index (Phi) is 5.03. The van der Waals surface area contributed by atoms with E-state index in [4.69, 9.17) is 23.2 Å². The Morgan fingerprint density at radius 3 is 2.60 bits per heavy atom. The van der Waals surface area contributed by atoms with Crippen LogP contribution < -0.4 is 5.32 Å². The summed E-state index contributed by atoms with van der Waals surface area (Å²) in [5.41, 5.74) is 2.57. The van der Waals surface area contributed by atoms with E-state index in [0.29, 0.717) is 22.0 Å². The average molecular weight is 312 g/mol. The molecular formula is C16H16Cl2FN. The number of hydrogen-bond donors (Lipinski definition) is 1. The SMILES string of the molecule is CNC(Cc1cc(Cl)ccc1Cl)c1cc(C)ccc1F. The maximum absolute atomic E-state index is 14.0. The fraction of sp³-hybridized carbons (Fsp3) is 0.250. The standard InChI is InChI=1S/C16H16Cl2FN/c1-10-3-6-15(19)13(7-10)16(20-2)9-11-8-12(17)4-5-14(11)18/h3-8,16,20H,9H2,1-2H3. The highest BCUT2D eigenvalue weighted by atomic mass is 35.5. The molecular weight excluding hydrogens is 296 g/mol. The van der Waals surface area contributed by atoms with Crippen LogP contribution in [0.1, 0.15) is 22.7 Å². The number of likely N-dealkylation sites (N-methyl/N-ethyl adjacent to an activating group) is 1. The molecule has 2 rings (SSSR count). The molecule has 0 radical (unpaired) electrons. The minimum Gasteiger partial charge on any atom is -0.313 e. The van der Waals surface area contributed by atoms with Gasteiger partial charge in [-0.2, -0.15) is 0 Å². The minimum atomic E-state index is -0.215. The highest BCUT2D eigenvalue weighted by Crippen LogP contribution is 2.27. The van der Waals surface area contributed by atoms with Crippen LogP contribution in [0.3, 0.4) is 0 Å². The fourth-order valence-electron chi connectivity index (χ4n) is 2.22. The third kappa shape index (κ3) is 3.51. The summed E-state index contributed by atoms with van der Waals surface area (Å²) in [6, 6.07) is 10.3. The van der Waals surface area contributed by atoms with Crippen molar-refractivity contribution in [1.29, 1.82) is 0 Å². The Balaban J connectivity index is 2.33. The van der Waals surface area contributed by atoms with Crippen molar-refractivity contribution in [1.82, 2.24) is 5.32 Å². The Labute approximate surface area is 128 Å². The molecule has 0 heterocycles. The molecule has 1 atom stereocenters. The number of halogens is 3. The molecule has 20 heavy (non-hydrogen) atoms. The van der Waals surface area contributed by atoms with E-state index in [9.17, 15) is 4.39 Å². The second-order valence-electron chi connectivity index (χ2n) is 4.81. The van der Waals surface area contributed by atoms with Gasteiger partial charge in [0.2, 0.25) is 0 Å². The molecule has 1 unspecified atom stereocenters. The van der Waals surface area contributed by atoms with Gasteiger partial charge in [-0.3, -0.25) is 0 Å². The first-order chi connectivity index (χ1) is 9.51. The Morgan fingerprint density at radius 2 is 1.90 bits per heavy atom. The Morgan fingerprint density at radius 1 is 1.15 bits per heavy atom. The largest absolute Gasteiger partial charge is 0.313 e. The van der Waals surface area contributed by atoms with Crippen LogP contribution >= 0.6 is 23.2 Å². The highest BCUT2D eigenvalue weighted by molar-refractivity contribution is 6.33. The summed E-state index contributed by atoms with van der Waals surface area (Å²) in [7, 11) is 1.81. The van der Waals surface area contributed by atoms with Crippen LogP contribution in [0.5, 0.6) is 0 Å². The van der Waals surface area contributed by atoms with Crippen molar-refractivity contribution in [3.8, 4) is 0 Å². The monoisotopic (exact) mass is 311 g/mol. The van der Waals surface area contributed by atoms with Gasteiger partial charge < -0.3 is 5.32 Å². The summed E-state index contributed by atoms with van der Waals surface area (Å²) in [6.07, 6.45) is 0.580. The average Bonchev–Trinajstić information content (AvgIpc) is 2.42. The van der Waals surface area contributed by atoms with Crippen LogP contribution in [0.2, 0.25) is 10.0 Å². The molecule has 2 aromatic carbocycles. The van der Waals surface area contributed by atoms with E-state index >= 15 is 0 Å². The van der Waals surface area contributed by atoms with Crippen molar-refractivity contribution in [2.24, 2.45) is 0 Å². The van der Waals surface area contributed by atoms with Crippen LogP contribution in [-0.2, 0) is 6.42 Å². The van der Waals surface area contributed by atoms with E-state index < -0.39 is 0 Å². The zero-order valence-corrected chi connectivity index (χ0v) is 12.9. The van der Waals surface area contributed by atoms with Crippen molar-refractivity contribution in [3.63, 3.8) is 0 Å². The lowest BCUT2D eigenvalue weighted by molar-refractivity contribution is 0.533. The quantitative estimate of drug-likeness (QED) is 0.843. The van der Waals surface area contributed by atoms with Crippen LogP contribution in [0.25, 0.3) is 0 Å². The smallest absolute Gasteiger partial charge is 0.128 e. The van der Waals surface area contributed by atoms with Crippen molar-refractivity contribution < 1.29 is 4.39 Å². The summed E-state index contributed by atoms with van der Waals surface area (Å²) < 4.78 is 14.0. The summed E-state index contributed by atoms with van der Waals surface area (Å²) >= 11 is 12.2. The summed E-state index contributed by atoms with van der Waals surface area (Å²) in [5, 5.41) is 4.41. The fourth-order valence-corrected chi connectivity index (χ4v) is 2.61. The van der Waals surface area contributed by atoms with Gasteiger partial charge in [-0.15, -0.1) is 0 Å². The van der Waals surface area contributed by atoms with E-state index in [0.717, 1.165) is 11.1 Å². The number of rotatable bonds is 4.